The van der Waals surface area contributed by atoms with Crippen LogP contribution in [0.5, 0.6) is 5.75 Å². The summed E-state index contributed by atoms with van der Waals surface area (Å²) in [5.74, 6) is -6.62. The minimum absolute atomic E-state index is 0.00124. The van der Waals surface area contributed by atoms with Gasteiger partial charge in [-0.2, -0.15) is 4.73 Å². The van der Waals surface area contributed by atoms with Crippen molar-refractivity contribution in [2.45, 2.75) is 122 Å². The molecule has 0 spiro atoms. The smallest absolute Gasteiger partial charge is 0.358 e. The van der Waals surface area contributed by atoms with Crippen LogP contribution in [-0.2, 0) is 51.2 Å². The number of benzene rings is 1. The van der Waals surface area contributed by atoms with Gasteiger partial charge in [0.15, 0.2) is 18.1 Å². The maximum Gasteiger partial charge on any atom is 0.358 e. The normalized spacial score (nSPS) is 23.9. The van der Waals surface area contributed by atoms with Gasteiger partial charge in [0.2, 0.25) is 5.91 Å². The van der Waals surface area contributed by atoms with E-state index in [1.807, 2.05) is 13.8 Å². The van der Waals surface area contributed by atoms with Crippen molar-refractivity contribution in [3.8, 4) is 38.4 Å². The van der Waals surface area contributed by atoms with Crippen LogP contribution >= 0.6 is 56.7 Å². The number of thiazole rings is 5. The number of fused-ring (bicyclic) bond motifs is 15. The quantitative estimate of drug-likeness (QED) is 0.0429. The van der Waals surface area contributed by atoms with E-state index in [-0.39, 0.29) is 105 Å². The Morgan fingerprint density at radius 1 is 0.840 bits per heavy atom. The molecule has 8 aromatic rings. The van der Waals surface area contributed by atoms with Crippen molar-refractivity contribution < 1.29 is 82.5 Å². The predicted octanol–water partition coefficient (Wildman–Crippen LogP) is 5.23. The molecule has 4 aliphatic rings. The van der Waals surface area contributed by atoms with Crippen molar-refractivity contribution in [1.82, 2.24) is 71.0 Å². The average Bonchev–Trinajstić information content (AvgIpc) is 1.57. The Balaban J connectivity index is 1.03. The Morgan fingerprint density at radius 2 is 1.51 bits per heavy atom. The summed E-state index contributed by atoms with van der Waals surface area (Å²) < 4.78 is 38.4. The second kappa shape index (κ2) is 29.4. The lowest BCUT2D eigenvalue weighted by atomic mass is 9.85. The number of aromatic nitrogens is 7. The number of hydrogen-bond donors (Lipinski definition) is 9. The molecule has 12 rings (SSSR count). The summed E-state index contributed by atoms with van der Waals surface area (Å²) in [6.07, 6.45) is -7.47. The first kappa shape index (κ1) is 71.1. The molecular formula is C64H70N14O17S5. The zero-order valence-corrected chi connectivity index (χ0v) is 59.3. The highest BCUT2D eigenvalue weighted by Crippen LogP contribution is 2.43. The number of aliphatic hydroxyl groups is 2. The molecule has 0 aliphatic carbocycles. The average molecular weight is 1470 g/mol. The number of esters is 2. The van der Waals surface area contributed by atoms with Gasteiger partial charge in [-0.25, -0.2) is 39.5 Å². The van der Waals surface area contributed by atoms with E-state index in [2.05, 4.69) is 46.4 Å². The second-order valence-corrected chi connectivity index (χ2v) is 28.7. The van der Waals surface area contributed by atoms with Crippen molar-refractivity contribution in [1.29, 1.82) is 0 Å². The van der Waals surface area contributed by atoms with Crippen LogP contribution in [0.15, 0.2) is 56.9 Å². The standard InChI is InChI=1S/C64H70N14O17S5/c1-10-77(11-2)16-15-65-52(81)35-23-99-60(69-35)46-40(80)17-31-45(72-46)34-22-97-58(67-34)33-21-93-62(86)48-32-20-91-49(50(95-41-18-64(6,88)51(76(7)8)29(5)94-41)63(87)92-19-30-13-12-14-39(42(30)32)78(48)89)47(61-71-36(25-100-61)53(82)66-33)75-55(84)38-26-98-59(70-38)44(28(4)90-9)74-56(85)43(27(3)79)73-54(83)37-24-96-57(31)68-37/h12-14,17,22-27,29,33,41,43,47,49-51,79-80,88-89H,10-11,15-16,18-21H2,1-9H3,(H,65,81)(H,66,82)(H,73,83)(H,74,85)(H,75,84)/b44-28+. The molecule has 7 aromatic heterocycles. The van der Waals surface area contributed by atoms with Crippen LogP contribution in [0.2, 0.25) is 0 Å². The van der Waals surface area contributed by atoms with Gasteiger partial charge in [0, 0.05) is 62.9 Å². The first-order valence-electron chi connectivity index (χ1n) is 31.5. The van der Waals surface area contributed by atoms with E-state index in [4.69, 9.17) is 43.4 Å². The number of rotatable bonds is 12. The number of amides is 5. The van der Waals surface area contributed by atoms with Gasteiger partial charge in [-0.1, -0.05) is 26.0 Å². The summed E-state index contributed by atoms with van der Waals surface area (Å²) in [5, 5.41) is 68.9. The van der Waals surface area contributed by atoms with Crippen LogP contribution in [0, 0.1) is 0 Å². The van der Waals surface area contributed by atoms with Crippen LogP contribution in [-0.4, -0.2) is 209 Å². The number of likely N-dealkylation sites (N-methyl/N-ethyl adjacent to an activating group) is 2. The van der Waals surface area contributed by atoms with Gasteiger partial charge in [-0.15, -0.1) is 56.7 Å². The molecule has 1 aromatic carbocycles. The minimum Gasteiger partial charge on any atom is -0.506 e. The molecule has 0 saturated carbocycles. The van der Waals surface area contributed by atoms with Gasteiger partial charge in [0.25, 0.3) is 23.6 Å². The lowest BCUT2D eigenvalue weighted by Gasteiger charge is -2.48. The number of ether oxygens (including phenoxy) is 6. The third-order valence-corrected chi connectivity index (χ3v) is 21.8. The predicted molar refractivity (Wildman–Crippen MR) is 364 cm³/mol. The van der Waals surface area contributed by atoms with Gasteiger partial charge < -0.3 is 85.3 Å². The summed E-state index contributed by atoms with van der Waals surface area (Å²) in [4.78, 5) is 135. The molecule has 0 radical (unpaired) electrons. The summed E-state index contributed by atoms with van der Waals surface area (Å²) in [5.41, 5.74) is -2.09. The topological polar surface area (TPSA) is 405 Å². The number of carbonyl (C=O) groups is 7. The van der Waals surface area contributed by atoms with E-state index < -0.39 is 133 Å². The van der Waals surface area contributed by atoms with Gasteiger partial charge in [0.05, 0.1) is 43.1 Å². The highest BCUT2D eigenvalue weighted by molar-refractivity contribution is 7.14. The molecule has 1 saturated heterocycles. The van der Waals surface area contributed by atoms with Crippen molar-refractivity contribution in [3.05, 3.63) is 112 Å². The van der Waals surface area contributed by atoms with E-state index in [0.29, 0.717) is 23.4 Å². The van der Waals surface area contributed by atoms with E-state index >= 15 is 19.2 Å². The maximum absolute atomic E-state index is 15.2. The zero-order chi connectivity index (χ0) is 71.2. The van der Waals surface area contributed by atoms with E-state index in [0.717, 1.165) is 69.8 Å². The Hall–Kier alpha value is -8.79. The van der Waals surface area contributed by atoms with Gasteiger partial charge in [-0.05, 0) is 72.6 Å². The van der Waals surface area contributed by atoms with Crippen LogP contribution < -0.4 is 26.6 Å². The molecule has 9 N–H and O–H groups in total. The number of aliphatic hydroxyl groups excluding tert-OH is 1. The van der Waals surface area contributed by atoms with E-state index in [1.165, 1.54) is 54.6 Å². The Morgan fingerprint density at radius 3 is 2.23 bits per heavy atom. The number of aromatic hydroxyl groups is 1. The highest BCUT2D eigenvalue weighted by Gasteiger charge is 2.50. The lowest BCUT2D eigenvalue weighted by Crippen LogP contribution is -2.62. The van der Waals surface area contributed by atoms with Crippen molar-refractivity contribution in [3.63, 3.8) is 0 Å². The molecule has 12 bridgehead atoms. The number of pyridine rings is 1. The zero-order valence-electron chi connectivity index (χ0n) is 55.2. The molecule has 11 heterocycles. The fraction of sp³-hybridized carbons (Fsp3) is 0.422. The van der Waals surface area contributed by atoms with Gasteiger partial charge >= 0.3 is 11.9 Å². The van der Waals surface area contributed by atoms with Crippen LogP contribution in [0.25, 0.3) is 49.3 Å². The summed E-state index contributed by atoms with van der Waals surface area (Å²) >= 11 is 4.74. The Labute approximate surface area is 590 Å². The first-order chi connectivity index (χ1) is 47.8. The van der Waals surface area contributed by atoms with E-state index in [9.17, 15) is 34.9 Å². The summed E-state index contributed by atoms with van der Waals surface area (Å²) in [6.45, 7) is 10.9. The molecule has 100 heavy (non-hydrogen) atoms. The van der Waals surface area contributed by atoms with Crippen molar-refractivity contribution >= 4 is 115 Å². The number of carbonyl (C=O) groups excluding carboxylic acids is 7. The largest absolute Gasteiger partial charge is 0.506 e. The van der Waals surface area contributed by atoms with E-state index in [1.54, 1.807) is 50.4 Å². The van der Waals surface area contributed by atoms with Crippen LogP contribution in [0.3, 0.4) is 0 Å². The SMILES string of the molecule is CCN(CC)CCNC(=O)c1csc(-c2nc3c(cc2O)-c2nc(cs2)C(=O)NC(C(C)O)C(=O)N/C(=C(\C)OC)c2nc(cs2)C(=O)NC2c4nc(cs4)C(=O)NC(COC(=O)c4c5c6c(cccc6n4O)COC(=O)C(OC4CC(C)(O)C(N(C)C)C(C)O4)C2OC5)c2nc-3cs2)n1. The fourth-order valence-corrected chi connectivity index (χ4v) is 16.6. The lowest BCUT2D eigenvalue weighted by molar-refractivity contribution is -0.280. The number of allylic oxidation sites excluding steroid dienone is 1. The number of cyclic esters (lactones) is 2. The third kappa shape index (κ3) is 14.3. The summed E-state index contributed by atoms with van der Waals surface area (Å²) in [6, 6.07) is 0.856. The molecule has 528 valence electrons. The Bertz CT molecular complexity index is 4510. The molecule has 5 amide bonds. The van der Waals surface area contributed by atoms with Gasteiger partial charge in [0.1, 0.15) is 120 Å². The third-order valence-electron chi connectivity index (χ3n) is 17.4. The molecule has 4 aliphatic heterocycles. The minimum atomic E-state index is -1.90. The second-order valence-electron chi connectivity index (χ2n) is 24.3. The molecular weight excluding hydrogens is 1400 g/mol. The van der Waals surface area contributed by atoms with Crippen LogP contribution in [0.1, 0.15) is 139 Å². The molecule has 1 fully saturated rings. The highest BCUT2D eigenvalue weighted by atomic mass is 32.1. The van der Waals surface area contributed by atoms with Gasteiger partial charge in [-0.3, -0.25) is 24.0 Å². The maximum atomic E-state index is 15.2. The Kier molecular flexibility index (Phi) is 20.9. The molecule has 31 nitrogen and oxygen atoms in total. The summed E-state index contributed by atoms with van der Waals surface area (Å²) in [7, 11) is 4.87. The monoisotopic (exact) mass is 1470 g/mol. The number of nitrogens with zero attached hydrogens (tertiary/aromatic N) is 9. The van der Waals surface area contributed by atoms with Crippen LogP contribution in [0.4, 0.5) is 0 Å². The molecule has 10 atom stereocenters. The molecule has 10 unspecified atom stereocenters. The molecule has 36 heteroatoms. The van der Waals surface area contributed by atoms with Crippen molar-refractivity contribution in [2.75, 3.05) is 54.0 Å². The first-order valence-corrected chi connectivity index (χ1v) is 35.9. The number of hydrogen-bond acceptors (Lipinski definition) is 30. The number of methoxy groups -OCH3 is 1. The van der Waals surface area contributed by atoms with Crippen molar-refractivity contribution in [2.24, 2.45) is 0 Å². The fourth-order valence-electron chi connectivity index (χ4n) is 12.4. The number of nitrogens with one attached hydrogen (secondary N) is 5.